The molecule has 3 rings (SSSR count). The van der Waals surface area contributed by atoms with E-state index in [4.69, 9.17) is 0 Å². The number of carbonyl (C=O) groups excluding carboxylic acids is 1. The molecule has 0 radical (unpaired) electrons. The van der Waals surface area contributed by atoms with Crippen molar-refractivity contribution in [2.75, 3.05) is 31.5 Å². The van der Waals surface area contributed by atoms with Crippen LogP contribution in [0.1, 0.15) is 31.9 Å². The molecule has 1 unspecified atom stereocenters. The Balaban J connectivity index is 1.70. The fourth-order valence-corrected chi connectivity index (χ4v) is 3.55. The van der Waals surface area contributed by atoms with Gasteiger partial charge in [0, 0.05) is 32.2 Å². The molecule has 0 bridgehead atoms. The Bertz CT molecular complexity index is 600. The predicted molar refractivity (Wildman–Crippen MR) is 82.7 cm³/mol. The topological polar surface area (TPSA) is 53.4 Å². The van der Waals surface area contributed by atoms with E-state index in [2.05, 4.69) is 15.3 Å². The van der Waals surface area contributed by atoms with Crippen LogP contribution >= 0.6 is 0 Å². The van der Waals surface area contributed by atoms with Gasteiger partial charge in [-0.2, -0.15) is 18.3 Å². The van der Waals surface area contributed by atoms with Crippen LogP contribution in [0.25, 0.3) is 0 Å². The quantitative estimate of drug-likeness (QED) is 0.896. The first-order chi connectivity index (χ1) is 11.4. The number of piperidine rings is 1. The van der Waals surface area contributed by atoms with Crippen molar-refractivity contribution in [1.82, 2.24) is 19.6 Å². The zero-order valence-electron chi connectivity index (χ0n) is 13.6. The zero-order chi connectivity index (χ0) is 17.3. The van der Waals surface area contributed by atoms with Gasteiger partial charge >= 0.3 is 12.2 Å². The monoisotopic (exact) mass is 345 g/mol. The first-order valence-electron chi connectivity index (χ1n) is 8.33. The summed E-state index contributed by atoms with van der Waals surface area (Å²) in [5.74, 6) is 0. The molecule has 2 fully saturated rings. The average Bonchev–Trinajstić information content (AvgIpc) is 2.97. The fraction of sp³-hybridized carbons (Fsp3) is 0.733. The van der Waals surface area contributed by atoms with Crippen molar-refractivity contribution in [3.05, 3.63) is 11.9 Å². The highest BCUT2D eigenvalue weighted by molar-refractivity contribution is 5.90. The van der Waals surface area contributed by atoms with Gasteiger partial charge in [0.2, 0.25) is 0 Å². The summed E-state index contributed by atoms with van der Waals surface area (Å²) in [6, 6.07) is -0.167. The minimum atomic E-state index is -4.56. The van der Waals surface area contributed by atoms with Crippen molar-refractivity contribution in [2.45, 2.75) is 44.9 Å². The number of halogens is 3. The molecule has 1 atom stereocenters. The molecule has 0 saturated carbocycles. The van der Waals surface area contributed by atoms with E-state index in [1.807, 2.05) is 0 Å². The number of carbonyl (C=O) groups is 1. The molecule has 3 heterocycles. The number of rotatable bonds is 2. The number of nitrogens with one attached hydrogen (secondary N) is 1. The maximum Gasteiger partial charge on any atom is 0.435 e. The molecule has 1 N–H and O–H groups in total. The molecular weight excluding hydrogens is 323 g/mol. The Labute approximate surface area is 138 Å². The summed E-state index contributed by atoms with van der Waals surface area (Å²) in [7, 11) is 0. The SMILES string of the molecule is CCn1ncc(NC(=O)N2CCN3CCCCC3C2)c1C(F)(F)F. The number of urea groups is 1. The van der Waals surface area contributed by atoms with E-state index in [-0.39, 0.29) is 12.2 Å². The van der Waals surface area contributed by atoms with Crippen molar-refractivity contribution >= 4 is 11.7 Å². The minimum absolute atomic E-state index is 0.0888. The number of amides is 2. The van der Waals surface area contributed by atoms with Crippen LogP contribution in [-0.2, 0) is 12.7 Å². The van der Waals surface area contributed by atoms with Crippen molar-refractivity contribution in [1.29, 1.82) is 0 Å². The van der Waals surface area contributed by atoms with E-state index in [0.717, 1.165) is 36.8 Å². The summed E-state index contributed by atoms with van der Waals surface area (Å²) in [6.45, 7) is 4.59. The summed E-state index contributed by atoms with van der Waals surface area (Å²) in [5.41, 5.74) is -1.19. The predicted octanol–water partition coefficient (Wildman–Crippen LogP) is 2.62. The van der Waals surface area contributed by atoms with E-state index < -0.39 is 17.9 Å². The maximum atomic E-state index is 13.2. The van der Waals surface area contributed by atoms with Gasteiger partial charge in [-0.15, -0.1) is 0 Å². The second-order valence-corrected chi connectivity index (χ2v) is 6.28. The lowest BCUT2D eigenvalue weighted by Crippen LogP contribution is -2.56. The molecule has 134 valence electrons. The third-order valence-corrected chi connectivity index (χ3v) is 4.77. The molecule has 6 nitrogen and oxygen atoms in total. The molecule has 2 aliphatic heterocycles. The summed E-state index contributed by atoms with van der Waals surface area (Å²) in [4.78, 5) is 16.4. The smallest absolute Gasteiger partial charge is 0.322 e. The van der Waals surface area contributed by atoms with Crippen LogP contribution in [0, 0.1) is 0 Å². The van der Waals surface area contributed by atoms with Crippen LogP contribution in [0.15, 0.2) is 6.20 Å². The number of nitrogens with zero attached hydrogens (tertiary/aromatic N) is 4. The lowest BCUT2D eigenvalue weighted by molar-refractivity contribution is -0.143. The summed E-state index contributed by atoms with van der Waals surface area (Å²) in [5, 5.41) is 6.12. The Morgan fingerprint density at radius 2 is 2.12 bits per heavy atom. The number of piperazine rings is 1. The minimum Gasteiger partial charge on any atom is -0.322 e. The van der Waals surface area contributed by atoms with Gasteiger partial charge in [0.05, 0.1) is 11.9 Å². The molecule has 0 aliphatic carbocycles. The number of alkyl halides is 3. The second kappa shape index (κ2) is 6.62. The lowest BCUT2D eigenvalue weighted by atomic mass is 10.00. The highest BCUT2D eigenvalue weighted by atomic mass is 19.4. The van der Waals surface area contributed by atoms with Crippen LogP contribution in [-0.4, -0.2) is 57.8 Å². The van der Waals surface area contributed by atoms with Crippen LogP contribution in [0.5, 0.6) is 0 Å². The summed E-state index contributed by atoms with van der Waals surface area (Å²) >= 11 is 0. The third kappa shape index (κ3) is 3.35. The average molecular weight is 345 g/mol. The Hall–Kier alpha value is -1.77. The molecule has 0 aromatic carbocycles. The fourth-order valence-electron chi connectivity index (χ4n) is 3.55. The van der Waals surface area contributed by atoms with Gasteiger partial charge in [-0.25, -0.2) is 4.79 Å². The van der Waals surface area contributed by atoms with Crippen LogP contribution < -0.4 is 5.32 Å². The Morgan fingerprint density at radius 3 is 2.83 bits per heavy atom. The molecule has 0 spiro atoms. The first kappa shape index (κ1) is 17.1. The van der Waals surface area contributed by atoms with E-state index in [0.29, 0.717) is 19.1 Å². The van der Waals surface area contributed by atoms with E-state index >= 15 is 0 Å². The van der Waals surface area contributed by atoms with Gasteiger partial charge in [0.1, 0.15) is 0 Å². The Kier molecular flexibility index (Phi) is 4.71. The largest absolute Gasteiger partial charge is 0.435 e. The van der Waals surface area contributed by atoms with Gasteiger partial charge in [-0.3, -0.25) is 9.58 Å². The van der Waals surface area contributed by atoms with Gasteiger partial charge in [0.15, 0.2) is 5.69 Å². The second-order valence-electron chi connectivity index (χ2n) is 6.28. The standard InChI is InChI=1S/C15H22F3N5O/c1-2-23-13(15(16,17)18)12(9-19-23)20-14(24)22-8-7-21-6-4-3-5-11(21)10-22/h9,11H,2-8,10H2,1H3,(H,20,24). The van der Waals surface area contributed by atoms with Crippen molar-refractivity contribution in [3.8, 4) is 0 Å². The molecule has 2 saturated heterocycles. The van der Waals surface area contributed by atoms with Crippen molar-refractivity contribution in [3.63, 3.8) is 0 Å². The highest BCUT2D eigenvalue weighted by Gasteiger charge is 2.39. The molecule has 2 amide bonds. The lowest BCUT2D eigenvalue weighted by Gasteiger charge is -2.43. The summed E-state index contributed by atoms with van der Waals surface area (Å²) < 4.78 is 40.5. The number of aryl methyl sites for hydroxylation is 1. The molecule has 1 aromatic heterocycles. The van der Waals surface area contributed by atoms with Crippen LogP contribution in [0.4, 0.5) is 23.7 Å². The normalized spacial score (nSPS) is 22.3. The van der Waals surface area contributed by atoms with Gasteiger partial charge in [-0.1, -0.05) is 6.42 Å². The molecular formula is C15H22F3N5O. The summed E-state index contributed by atoms with van der Waals surface area (Å²) in [6.07, 6.45) is -0.143. The van der Waals surface area contributed by atoms with Gasteiger partial charge < -0.3 is 10.2 Å². The zero-order valence-corrected chi connectivity index (χ0v) is 13.6. The van der Waals surface area contributed by atoms with E-state index in [1.165, 1.54) is 6.42 Å². The van der Waals surface area contributed by atoms with Crippen molar-refractivity contribution in [2.24, 2.45) is 0 Å². The number of anilines is 1. The number of fused-ring (bicyclic) bond motifs is 1. The number of aromatic nitrogens is 2. The highest BCUT2D eigenvalue weighted by Crippen LogP contribution is 2.35. The first-order valence-corrected chi connectivity index (χ1v) is 8.33. The molecule has 1 aromatic rings. The number of hydrogen-bond donors (Lipinski definition) is 1. The Morgan fingerprint density at radius 1 is 1.33 bits per heavy atom. The van der Waals surface area contributed by atoms with Crippen LogP contribution in [0.2, 0.25) is 0 Å². The molecule has 24 heavy (non-hydrogen) atoms. The van der Waals surface area contributed by atoms with Crippen molar-refractivity contribution < 1.29 is 18.0 Å². The van der Waals surface area contributed by atoms with Gasteiger partial charge in [-0.05, 0) is 26.3 Å². The van der Waals surface area contributed by atoms with Crippen LogP contribution in [0.3, 0.4) is 0 Å². The third-order valence-electron chi connectivity index (χ3n) is 4.77. The van der Waals surface area contributed by atoms with Gasteiger partial charge in [0.25, 0.3) is 0 Å². The molecule has 2 aliphatic rings. The molecule has 9 heteroatoms. The van der Waals surface area contributed by atoms with E-state index in [1.54, 1.807) is 11.8 Å². The maximum absolute atomic E-state index is 13.2. The number of hydrogen-bond acceptors (Lipinski definition) is 3. The van der Waals surface area contributed by atoms with E-state index in [9.17, 15) is 18.0 Å².